The molecule has 166 valence electrons. The molecule has 0 unspecified atom stereocenters. The fourth-order valence-corrected chi connectivity index (χ4v) is 4.17. The second kappa shape index (κ2) is 6.92. The van der Waals surface area contributed by atoms with Gasteiger partial charge < -0.3 is 19.9 Å². The highest BCUT2D eigenvalue weighted by molar-refractivity contribution is 5.89. The molecule has 12 heteroatoms. The van der Waals surface area contributed by atoms with E-state index in [2.05, 4.69) is 15.0 Å². The Morgan fingerprint density at radius 1 is 1.22 bits per heavy atom. The van der Waals surface area contributed by atoms with E-state index in [0.29, 0.717) is 0 Å². The summed E-state index contributed by atoms with van der Waals surface area (Å²) >= 11 is 0. The highest BCUT2D eigenvalue weighted by Gasteiger charge is 2.91. The molecule has 3 heterocycles. The van der Waals surface area contributed by atoms with Gasteiger partial charge in [0.1, 0.15) is 24.4 Å². The van der Waals surface area contributed by atoms with E-state index in [9.17, 15) is 18.4 Å². The fraction of sp³-hybridized carbons (Fsp3) is 0.350. The quantitative estimate of drug-likeness (QED) is 0.583. The van der Waals surface area contributed by atoms with E-state index in [1.807, 2.05) is 0 Å². The molecule has 0 bridgehead atoms. The number of halogens is 2. The van der Waals surface area contributed by atoms with E-state index in [1.165, 1.54) is 29.4 Å². The predicted molar refractivity (Wildman–Crippen MR) is 103 cm³/mol. The molecule has 2 fully saturated rings. The van der Waals surface area contributed by atoms with Crippen LogP contribution in [-0.2, 0) is 19.0 Å². The van der Waals surface area contributed by atoms with Crippen molar-refractivity contribution >= 4 is 28.9 Å². The number of esters is 2. The summed E-state index contributed by atoms with van der Waals surface area (Å²) in [6, 6.07) is 7.97. The van der Waals surface area contributed by atoms with Crippen LogP contribution in [0.1, 0.15) is 23.5 Å². The third-order valence-corrected chi connectivity index (χ3v) is 5.70. The van der Waals surface area contributed by atoms with Crippen LogP contribution in [0.2, 0.25) is 0 Å². The number of nitrogens with two attached hydrogens (primary N) is 1. The molecule has 1 saturated heterocycles. The lowest BCUT2D eigenvalue weighted by Gasteiger charge is -2.26. The number of hydrogen-bond acceptors (Lipinski definition) is 9. The van der Waals surface area contributed by atoms with Crippen molar-refractivity contribution in [2.45, 2.75) is 30.8 Å². The minimum Gasteiger partial charge on any atom is -0.459 e. The van der Waals surface area contributed by atoms with Gasteiger partial charge in [0, 0.05) is 6.92 Å². The summed E-state index contributed by atoms with van der Waals surface area (Å²) in [6.07, 6.45) is -0.0632. The number of ether oxygens (including phenoxy) is 3. The Morgan fingerprint density at radius 3 is 2.69 bits per heavy atom. The Hall–Kier alpha value is -3.67. The minimum atomic E-state index is -3.38. The summed E-state index contributed by atoms with van der Waals surface area (Å²) in [5.74, 6) is -6.35. The van der Waals surface area contributed by atoms with Crippen LogP contribution in [0.5, 0.6) is 0 Å². The van der Waals surface area contributed by atoms with Crippen molar-refractivity contribution in [3.8, 4) is 0 Å². The van der Waals surface area contributed by atoms with Crippen LogP contribution in [0, 0.1) is 5.92 Å². The molecule has 32 heavy (non-hydrogen) atoms. The number of hydrogen-bond donors (Lipinski definition) is 1. The number of anilines is 1. The van der Waals surface area contributed by atoms with Gasteiger partial charge in [0.25, 0.3) is 5.92 Å². The summed E-state index contributed by atoms with van der Waals surface area (Å²) in [6.45, 7) is 0.385. The van der Waals surface area contributed by atoms with Crippen molar-refractivity contribution in [1.29, 1.82) is 0 Å². The van der Waals surface area contributed by atoms with Crippen molar-refractivity contribution in [3.05, 3.63) is 48.5 Å². The van der Waals surface area contributed by atoms with Crippen molar-refractivity contribution in [3.63, 3.8) is 0 Å². The van der Waals surface area contributed by atoms with Crippen molar-refractivity contribution < 1.29 is 32.6 Å². The Kier molecular flexibility index (Phi) is 4.38. The minimum absolute atomic E-state index is 0.0952. The first-order valence-electron chi connectivity index (χ1n) is 9.64. The fourth-order valence-electron chi connectivity index (χ4n) is 4.17. The first kappa shape index (κ1) is 20.2. The molecule has 0 radical (unpaired) electrons. The zero-order chi connectivity index (χ0) is 22.7. The molecule has 2 aromatic heterocycles. The average molecular weight is 445 g/mol. The monoisotopic (exact) mass is 445 g/mol. The van der Waals surface area contributed by atoms with E-state index >= 15 is 0 Å². The molecule has 3 aromatic rings. The zero-order valence-electron chi connectivity index (χ0n) is 16.6. The van der Waals surface area contributed by atoms with Crippen LogP contribution in [0.25, 0.3) is 11.2 Å². The zero-order valence-corrected chi connectivity index (χ0v) is 16.6. The van der Waals surface area contributed by atoms with Gasteiger partial charge in [-0.3, -0.25) is 9.36 Å². The van der Waals surface area contributed by atoms with Gasteiger partial charge in [-0.25, -0.2) is 28.5 Å². The molecule has 4 atom stereocenters. The number of benzene rings is 1. The third kappa shape index (κ3) is 2.83. The molecule has 2 N–H and O–H groups in total. The van der Waals surface area contributed by atoms with Crippen LogP contribution in [0.15, 0.2) is 43.0 Å². The smallest absolute Gasteiger partial charge is 0.338 e. The molecule has 2 aliphatic rings. The van der Waals surface area contributed by atoms with Crippen molar-refractivity contribution in [2.24, 2.45) is 5.92 Å². The van der Waals surface area contributed by atoms with Gasteiger partial charge in [-0.05, 0) is 12.1 Å². The topological polar surface area (TPSA) is 131 Å². The predicted octanol–water partition coefficient (Wildman–Crippen LogP) is 1.73. The molecular weight excluding hydrogens is 428 g/mol. The number of fused-ring (bicyclic) bond motifs is 2. The molecule has 1 aliphatic heterocycles. The van der Waals surface area contributed by atoms with Crippen LogP contribution in [0.3, 0.4) is 0 Å². The van der Waals surface area contributed by atoms with Gasteiger partial charge in [-0.2, -0.15) is 0 Å². The van der Waals surface area contributed by atoms with Gasteiger partial charge in [0.2, 0.25) is 0 Å². The van der Waals surface area contributed by atoms with Crippen molar-refractivity contribution in [2.75, 3.05) is 12.3 Å². The number of aromatic nitrogens is 4. The molecule has 0 amide bonds. The first-order chi connectivity index (χ1) is 15.3. The second-order valence-corrected chi connectivity index (χ2v) is 7.60. The Labute approximate surface area is 179 Å². The van der Waals surface area contributed by atoms with Gasteiger partial charge in [0.15, 0.2) is 29.4 Å². The molecule has 5 rings (SSSR count). The van der Waals surface area contributed by atoms with Gasteiger partial charge >= 0.3 is 11.9 Å². The van der Waals surface area contributed by atoms with Gasteiger partial charge in [-0.15, -0.1) is 0 Å². The molecule has 1 aromatic carbocycles. The van der Waals surface area contributed by atoms with Gasteiger partial charge in [0.05, 0.1) is 11.9 Å². The number of rotatable bonds is 5. The summed E-state index contributed by atoms with van der Waals surface area (Å²) in [5.41, 5.74) is 4.32. The Morgan fingerprint density at radius 2 is 1.97 bits per heavy atom. The van der Waals surface area contributed by atoms with Crippen LogP contribution in [-0.4, -0.2) is 55.7 Å². The van der Waals surface area contributed by atoms with E-state index < -0.39 is 48.3 Å². The van der Waals surface area contributed by atoms with Gasteiger partial charge in [-0.1, -0.05) is 18.2 Å². The number of nitrogens with zero attached hydrogens (tertiary/aromatic N) is 4. The highest BCUT2D eigenvalue weighted by Crippen LogP contribution is 2.70. The SMILES string of the molecule is CC(=O)O[C@H]1[C@H](n2cnc3c(N)ncnc32)O[C@@]2(COC(=O)c3ccccc3)[C@@H]1C2(F)F. The van der Waals surface area contributed by atoms with Crippen LogP contribution >= 0.6 is 0 Å². The average Bonchev–Trinajstić information content (AvgIpc) is 3.10. The van der Waals surface area contributed by atoms with E-state index in [-0.39, 0.29) is 22.5 Å². The maximum Gasteiger partial charge on any atom is 0.338 e. The lowest BCUT2D eigenvalue weighted by Crippen LogP contribution is -2.35. The molecule has 1 saturated carbocycles. The molecular formula is C20H17F2N5O5. The Balaban J connectivity index is 1.46. The van der Waals surface area contributed by atoms with E-state index in [4.69, 9.17) is 19.9 Å². The van der Waals surface area contributed by atoms with Crippen molar-refractivity contribution in [1.82, 2.24) is 19.5 Å². The van der Waals surface area contributed by atoms with E-state index in [0.717, 1.165) is 6.92 Å². The molecule has 0 spiro atoms. The molecule has 1 aliphatic carbocycles. The third-order valence-electron chi connectivity index (χ3n) is 5.70. The number of alkyl halides is 2. The summed E-state index contributed by atoms with van der Waals surface area (Å²) in [5, 5.41) is 0. The number of carbonyl (C=O) groups excluding carboxylic acids is 2. The lowest BCUT2D eigenvalue weighted by atomic mass is 10.2. The van der Waals surface area contributed by atoms with Crippen LogP contribution in [0.4, 0.5) is 14.6 Å². The lowest BCUT2D eigenvalue weighted by molar-refractivity contribution is -0.178. The normalized spacial score (nSPS) is 27.7. The first-order valence-corrected chi connectivity index (χ1v) is 9.64. The van der Waals surface area contributed by atoms with Crippen LogP contribution < -0.4 is 5.73 Å². The summed E-state index contributed by atoms with van der Waals surface area (Å²) in [7, 11) is 0. The molecule has 10 nitrogen and oxygen atoms in total. The number of nitrogen functional groups attached to an aromatic ring is 1. The Bertz CT molecular complexity index is 1220. The summed E-state index contributed by atoms with van der Waals surface area (Å²) in [4.78, 5) is 36.0. The number of carbonyl (C=O) groups is 2. The highest BCUT2D eigenvalue weighted by atomic mass is 19.3. The second-order valence-electron chi connectivity index (χ2n) is 7.60. The maximum atomic E-state index is 14.9. The van der Waals surface area contributed by atoms with E-state index in [1.54, 1.807) is 18.2 Å². The maximum absolute atomic E-state index is 14.9. The largest absolute Gasteiger partial charge is 0.459 e. The summed E-state index contributed by atoms with van der Waals surface area (Å²) < 4.78 is 47.2. The number of imidazole rings is 1. The standard InChI is InChI=1S/C20H17F2N5O5/c1-10(28)31-13-14-19(20(14,21)22,7-30-18(29)11-5-3-2-4-6-11)32-17(13)27-9-26-12-15(23)24-8-25-16(12)27/h2-6,8-9,13-14,17H,7H2,1H3,(H2,23,24,25)/t13-,14-,17-,19+/m1/s1.